The van der Waals surface area contributed by atoms with Crippen LogP contribution in [0.1, 0.15) is 11.1 Å². The maximum Gasteiger partial charge on any atom is 2.00 e. The van der Waals surface area contributed by atoms with E-state index in [2.05, 4.69) is 13.2 Å². The average molecular weight is 424 g/mol. The van der Waals surface area contributed by atoms with E-state index in [9.17, 15) is 0 Å². The van der Waals surface area contributed by atoms with Gasteiger partial charge in [-0.25, -0.2) is 24.3 Å². The third-order valence-electron chi connectivity index (χ3n) is 2.96. The van der Waals surface area contributed by atoms with Crippen molar-refractivity contribution in [1.29, 1.82) is 0 Å². The molecule has 2 heteroatoms. The predicted octanol–water partition coefficient (Wildman–Crippen LogP) is 6.90. The molecule has 0 amide bonds. The Hall–Kier alpha value is -2.08. The second-order valence-corrected chi connectivity index (χ2v) is 4.77. The van der Waals surface area contributed by atoms with Gasteiger partial charge in [0.1, 0.15) is 0 Å². The predicted molar refractivity (Wildman–Crippen MR) is 108 cm³/mol. The van der Waals surface area contributed by atoms with Gasteiger partial charge in [-0.05, 0) is 0 Å². The summed E-state index contributed by atoms with van der Waals surface area (Å²) in [5.74, 6) is 0. The fraction of sp³-hybridized carbons (Fsp3) is 0. The van der Waals surface area contributed by atoms with Gasteiger partial charge in [0.25, 0.3) is 0 Å². The fourth-order valence-corrected chi connectivity index (χ4v) is 1.69. The van der Waals surface area contributed by atoms with E-state index in [-0.39, 0.29) is 34.1 Å². The van der Waals surface area contributed by atoms with Crippen molar-refractivity contribution in [3.05, 3.63) is 133 Å². The minimum absolute atomic E-state index is 0. The van der Waals surface area contributed by atoms with Crippen LogP contribution in [0.15, 0.2) is 122 Å². The molecule has 0 saturated carbocycles. The Bertz CT molecular complexity index is 584. The molecular weight excluding hydrogens is 400 g/mol. The number of hydrogen-bond acceptors (Lipinski definition) is 0. The first-order valence-electron chi connectivity index (χ1n) is 7.88. The fourth-order valence-electron chi connectivity index (χ4n) is 1.69. The van der Waals surface area contributed by atoms with Crippen molar-refractivity contribution in [2.75, 3.05) is 0 Å². The quantitative estimate of drug-likeness (QED) is 0.243. The largest absolute Gasteiger partial charge is 2.00 e. The second kappa shape index (κ2) is 19.2. The molecule has 0 aliphatic carbocycles. The molecule has 4 aromatic carbocycles. The molecule has 0 heterocycles. The summed E-state index contributed by atoms with van der Waals surface area (Å²) in [5, 5.41) is 0. The molecule has 0 unspecified atom stereocenters. The van der Waals surface area contributed by atoms with Crippen molar-refractivity contribution in [1.82, 2.24) is 0 Å². The Morgan fingerprint density at radius 1 is 0.500 bits per heavy atom. The van der Waals surface area contributed by atoms with Crippen LogP contribution in [-0.2, 0) is 34.1 Å². The molecule has 4 aromatic rings. The summed E-state index contributed by atoms with van der Waals surface area (Å²) in [7, 11) is 0. The van der Waals surface area contributed by atoms with Crippen LogP contribution in [0.4, 0.5) is 0 Å². The molecule has 0 N–H and O–H groups in total. The topological polar surface area (TPSA) is 0 Å². The molecule has 0 aromatic heterocycles. The zero-order chi connectivity index (χ0) is 17.3. The average Bonchev–Trinajstić information content (AvgIpc) is 3.46. The molecule has 4 rings (SSSR count). The first kappa shape index (κ1) is 26.2. The van der Waals surface area contributed by atoms with E-state index in [1.807, 2.05) is 121 Å². The van der Waals surface area contributed by atoms with E-state index >= 15 is 0 Å². The Morgan fingerprint density at radius 2 is 0.769 bits per heavy atom. The van der Waals surface area contributed by atoms with Crippen LogP contribution in [0.5, 0.6) is 0 Å². The van der Waals surface area contributed by atoms with Crippen molar-refractivity contribution < 1.29 is 34.1 Å². The van der Waals surface area contributed by atoms with Crippen LogP contribution in [0.25, 0.3) is 12.2 Å². The van der Waals surface area contributed by atoms with E-state index < -0.39 is 0 Å². The summed E-state index contributed by atoms with van der Waals surface area (Å²) >= 11 is 0. The summed E-state index contributed by atoms with van der Waals surface area (Å²) in [6.07, 6.45) is 3.67. The van der Waals surface area contributed by atoms with Crippen LogP contribution < -0.4 is 0 Å². The summed E-state index contributed by atoms with van der Waals surface area (Å²) < 4.78 is 0. The van der Waals surface area contributed by atoms with Gasteiger partial charge in [-0.3, -0.25) is 0 Å². The van der Waals surface area contributed by atoms with Gasteiger partial charge in [0.2, 0.25) is 0 Å². The first-order valence-corrected chi connectivity index (χ1v) is 7.88. The Labute approximate surface area is 179 Å². The van der Waals surface area contributed by atoms with Crippen molar-refractivity contribution in [3.8, 4) is 0 Å². The molecule has 0 bridgehead atoms. The molecule has 0 radical (unpaired) electrons. The van der Waals surface area contributed by atoms with E-state index in [4.69, 9.17) is 0 Å². The van der Waals surface area contributed by atoms with Crippen LogP contribution in [-0.4, -0.2) is 0 Å². The maximum atomic E-state index is 3.60. The second-order valence-electron chi connectivity index (χ2n) is 4.77. The van der Waals surface area contributed by atoms with Crippen molar-refractivity contribution in [2.45, 2.75) is 0 Å². The molecular formula is C24H24Fe2. The van der Waals surface area contributed by atoms with E-state index in [0.29, 0.717) is 0 Å². The SMILES string of the molecule is C=C[c-]1cccc1.C=C[c-]1cccc1.[Fe+2].[Fe+2].c1cc[cH-]c1.c1cc[cH-]c1. The molecule has 0 nitrogen and oxygen atoms in total. The van der Waals surface area contributed by atoms with Crippen LogP contribution in [0, 0.1) is 0 Å². The minimum atomic E-state index is 0. The van der Waals surface area contributed by atoms with Gasteiger partial charge in [0, 0.05) is 0 Å². The summed E-state index contributed by atoms with van der Waals surface area (Å²) in [5.41, 5.74) is 2.39. The maximum absolute atomic E-state index is 3.60. The number of rotatable bonds is 2. The Morgan fingerprint density at radius 3 is 0.885 bits per heavy atom. The third-order valence-corrected chi connectivity index (χ3v) is 2.96. The standard InChI is InChI=1S/2C7H7.2C5H5.2Fe/c2*1-2-7-5-3-4-6-7;2*1-2-4-5-3-1;;/h2*2-6H,1H2;2*1-5H;;/q4*-1;2*+2. The van der Waals surface area contributed by atoms with Crippen LogP contribution in [0.3, 0.4) is 0 Å². The van der Waals surface area contributed by atoms with E-state index in [1.54, 1.807) is 0 Å². The molecule has 0 saturated heterocycles. The van der Waals surface area contributed by atoms with Gasteiger partial charge in [0.15, 0.2) is 0 Å². The van der Waals surface area contributed by atoms with Gasteiger partial charge >= 0.3 is 34.1 Å². The smallest absolute Gasteiger partial charge is 0.214 e. The van der Waals surface area contributed by atoms with E-state index in [1.165, 1.54) is 11.1 Å². The molecule has 0 aliphatic heterocycles. The normalized spacial score (nSPS) is 7.69. The monoisotopic (exact) mass is 424 g/mol. The molecule has 0 spiro atoms. The van der Waals surface area contributed by atoms with Gasteiger partial charge in [-0.1, -0.05) is 0 Å². The van der Waals surface area contributed by atoms with Gasteiger partial charge in [-0.15, -0.1) is 47.5 Å². The van der Waals surface area contributed by atoms with Gasteiger partial charge in [0.05, 0.1) is 0 Å². The first-order chi connectivity index (χ1) is 11.9. The molecule has 136 valence electrons. The third kappa shape index (κ3) is 14.3. The van der Waals surface area contributed by atoms with Gasteiger partial charge < -0.3 is 0 Å². The van der Waals surface area contributed by atoms with Crippen LogP contribution >= 0.6 is 0 Å². The molecule has 0 fully saturated rings. The zero-order valence-corrected chi connectivity index (χ0v) is 16.9. The molecule has 0 aliphatic rings. The van der Waals surface area contributed by atoms with Crippen LogP contribution in [0.2, 0.25) is 0 Å². The summed E-state index contributed by atoms with van der Waals surface area (Å²) in [4.78, 5) is 0. The zero-order valence-electron chi connectivity index (χ0n) is 14.7. The Kier molecular flexibility index (Phi) is 19.4. The van der Waals surface area contributed by atoms with E-state index in [0.717, 1.165) is 0 Å². The minimum Gasteiger partial charge on any atom is -0.214 e. The van der Waals surface area contributed by atoms with Crippen molar-refractivity contribution >= 4 is 12.2 Å². The molecule has 26 heavy (non-hydrogen) atoms. The van der Waals surface area contributed by atoms with Gasteiger partial charge in [-0.2, -0.15) is 73.8 Å². The summed E-state index contributed by atoms with van der Waals surface area (Å²) in [6.45, 7) is 7.21. The van der Waals surface area contributed by atoms with Crippen molar-refractivity contribution in [2.24, 2.45) is 0 Å². The summed E-state index contributed by atoms with van der Waals surface area (Å²) in [6, 6.07) is 36.1. The Balaban J connectivity index is 0. The number of hydrogen-bond donors (Lipinski definition) is 0. The van der Waals surface area contributed by atoms with Crippen molar-refractivity contribution in [3.63, 3.8) is 0 Å². The molecule has 0 atom stereocenters.